The van der Waals surface area contributed by atoms with Crippen molar-refractivity contribution in [1.82, 2.24) is 20.1 Å². The van der Waals surface area contributed by atoms with Gasteiger partial charge in [-0.05, 0) is 74.9 Å². The van der Waals surface area contributed by atoms with Gasteiger partial charge in [0.15, 0.2) is 0 Å². The molecule has 44 heavy (non-hydrogen) atoms. The second-order valence-electron chi connectivity index (χ2n) is 12.2. The number of carbonyl (C=O) groups excluding carboxylic acids is 2. The average Bonchev–Trinajstić information content (AvgIpc) is 3.95. The fourth-order valence-electron chi connectivity index (χ4n) is 5.93. The summed E-state index contributed by atoms with van der Waals surface area (Å²) in [5.74, 6) is -1.07. The predicted octanol–water partition coefficient (Wildman–Crippen LogP) is 4.40. The van der Waals surface area contributed by atoms with E-state index < -0.39 is 28.6 Å². The first kappa shape index (κ1) is 28.5. The Morgan fingerprint density at radius 3 is 2.70 bits per heavy atom. The third-order valence-electron chi connectivity index (χ3n) is 9.01. The lowest BCUT2D eigenvalue weighted by molar-refractivity contribution is -0.123. The summed E-state index contributed by atoms with van der Waals surface area (Å²) < 4.78 is 27.8. The Balaban J connectivity index is 1.27. The fourth-order valence-corrected chi connectivity index (χ4v) is 6.13. The summed E-state index contributed by atoms with van der Waals surface area (Å²) in [4.78, 5) is 30.9. The van der Waals surface area contributed by atoms with E-state index in [0.717, 1.165) is 18.2 Å². The van der Waals surface area contributed by atoms with Crippen molar-refractivity contribution in [3.8, 4) is 22.8 Å². The van der Waals surface area contributed by atoms with Crippen LogP contribution in [0.2, 0.25) is 5.02 Å². The number of halogens is 2. The van der Waals surface area contributed by atoms with E-state index in [9.17, 15) is 19.1 Å². The maximum absolute atomic E-state index is 14.4. The molecule has 0 spiro atoms. The SMILES string of the molecule is COc1cc(C(=O)NCC(O)(c2cc3c(c(-c4cc(F)ccc4Cl)n2)OC[C@]3(C)C(N)=O)C2CC2)cc2cn(C3CC3)nc12. The number of aromatic nitrogens is 3. The number of rotatable bonds is 9. The predicted molar refractivity (Wildman–Crippen MR) is 160 cm³/mol. The number of methoxy groups -OCH3 is 1. The van der Waals surface area contributed by atoms with Crippen molar-refractivity contribution in [2.45, 2.75) is 49.7 Å². The molecule has 2 atom stereocenters. The molecule has 2 aliphatic carbocycles. The molecule has 4 aromatic rings. The van der Waals surface area contributed by atoms with Gasteiger partial charge in [0.2, 0.25) is 5.91 Å². The van der Waals surface area contributed by atoms with Crippen LogP contribution >= 0.6 is 11.6 Å². The van der Waals surface area contributed by atoms with Gasteiger partial charge in [0.05, 0.1) is 30.4 Å². The van der Waals surface area contributed by atoms with Crippen LogP contribution in [0.15, 0.2) is 42.6 Å². The normalized spacial score (nSPS) is 20.6. The standard InChI is InChI=1S/C32H31ClFN5O5/c1-31(30(35)41)15-44-28-22(31)12-25(37-27(28)21-11-19(34)5-8-23(21)33)32(42,18-3-4-18)14-36-29(40)16-9-17-13-39(20-6-7-20)38-26(17)24(10-16)43-2/h5,8-13,18,20,42H,3-4,6-7,14-15H2,1-2H3,(H2,35,41)(H,36,40)/t31-,32?/m0/s1. The number of pyridine rings is 1. The van der Waals surface area contributed by atoms with E-state index in [-0.39, 0.29) is 46.8 Å². The van der Waals surface area contributed by atoms with Crippen LogP contribution in [-0.4, -0.2) is 51.9 Å². The minimum absolute atomic E-state index is 0.0526. The zero-order valence-electron chi connectivity index (χ0n) is 24.2. The van der Waals surface area contributed by atoms with Crippen molar-refractivity contribution in [2.24, 2.45) is 11.7 Å². The van der Waals surface area contributed by atoms with E-state index in [1.54, 1.807) is 25.1 Å². The Hall–Kier alpha value is -4.22. The first-order valence-electron chi connectivity index (χ1n) is 14.5. The van der Waals surface area contributed by atoms with Gasteiger partial charge in [0, 0.05) is 28.3 Å². The number of ether oxygens (including phenoxy) is 2. The van der Waals surface area contributed by atoms with Crippen LogP contribution in [0.3, 0.4) is 0 Å². The maximum Gasteiger partial charge on any atom is 0.251 e. The lowest BCUT2D eigenvalue weighted by atomic mass is 9.81. The van der Waals surface area contributed by atoms with Crippen LogP contribution in [0.4, 0.5) is 4.39 Å². The summed E-state index contributed by atoms with van der Waals surface area (Å²) >= 11 is 6.48. The third kappa shape index (κ3) is 4.66. The molecule has 10 nitrogen and oxygen atoms in total. The second-order valence-corrected chi connectivity index (χ2v) is 12.6. The number of amides is 2. The fraction of sp³-hybridized carbons (Fsp3) is 0.375. The molecule has 2 saturated carbocycles. The minimum atomic E-state index is -1.62. The highest BCUT2D eigenvalue weighted by molar-refractivity contribution is 6.33. The molecule has 7 rings (SSSR count). The smallest absolute Gasteiger partial charge is 0.251 e. The van der Waals surface area contributed by atoms with Crippen molar-refractivity contribution in [3.63, 3.8) is 0 Å². The molecule has 3 aliphatic rings. The summed E-state index contributed by atoms with van der Waals surface area (Å²) in [7, 11) is 1.53. The Morgan fingerprint density at radius 2 is 2.02 bits per heavy atom. The van der Waals surface area contributed by atoms with Gasteiger partial charge in [-0.25, -0.2) is 9.37 Å². The van der Waals surface area contributed by atoms with E-state index in [2.05, 4.69) is 10.4 Å². The van der Waals surface area contributed by atoms with Crippen LogP contribution in [-0.2, 0) is 15.8 Å². The topological polar surface area (TPSA) is 142 Å². The van der Waals surface area contributed by atoms with Crippen molar-refractivity contribution in [1.29, 1.82) is 0 Å². The maximum atomic E-state index is 14.4. The first-order valence-corrected chi connectivity index (χ1v) is 14.9. The van der Waals surface area contributed by atoms with Crippen molar-refractivity contribution < 1.29 is 28.6 Å². The number of carbonyl (C=O) groups is 2. The summed E-state index contributed by atoms with van der Waals surface area (Å²) in [6, 6.07) is 9.21. The summed E-state index contributed by atoms with van der Waals surface area (Å²) in [6.07, 6.45) is 5.45. The van der Waals surface area contributed by atoms with E-state index in [1.807, 2.05) is 10.9 Å². The highest BCUT2D eigenvalue weighted by Gasteiger charge is 2.50. The summed E-state index contributed by atoms with van der Waals surface area (Å²) in [5, 5.41) is 20.7. The molecule has 228 valence electrons. The molecular weight excluding hydrogens is 589 g/mol. The number of fused-ring (bicyclic) bond motifs is 2. The van der Waals surface area contributed by atoms with Gasteiger partial charge in [-0.3, -0.25) is 14.3 Å². The first-order chi connectivity index (χ1) is 21.0. The quantitative estimate of drug-likeness (QED) is 0.252. The largest absolute Gasteiger partial charge is 0.494 e. The zero-order chi connectivity index (χ0) is 31.0. The minimum Gasteiger partial charge on any atom is -0.494 e. The van der Waals surface area contributed by atoms with Crippen molar-refractivity contribution in [3.05, 3.63) is 70.3 Å². The van der Waals surface area contributed by atoms with Crippen molar-refractivity contribution in [2.75, 3.05) is 20.3 Å². The van der Waals surface area contributed by atoms with Gasteiger partial charge >= 0.3 is 0 Å². The molecule has 2 fully saturated rings. The zero-order valence-corrected chi connectivity index (χ0v) is 24.9. The molecule has 1 aliphatic heterocycles. The number of hydrogen-bond donors (Lipinski definition) is 3. The Labute approximate surface area is 257 Å². The Morgan fingerprint density at radius 1 is 1.25 bits per heavy atom. The van der Waals surface area contributed by atoms with E-state index in [0.29, 0.717) is 41.3 Å². The van der Waals surface area contributed by atoms with Gasteiger partial charge in [-0.2, -0.15) is 5.10 Å². The third-order valence-corrected chi connectivity index (χ3v) is 9.34. The molecule has 1 unspecified atom stereocenters. The lowest BCUT2D eigenvalue weighted by Gasteiger charge is -2.30. The highest BCUT2D eigenvalue weighted by Crippen LogP contribution is 2.50. The molecule has 2 aromatic heterocycles. The number of nitrogens with zero attached hydrogens (tertiary/aromatic N) is 3. The summed E-state index contributed by atoms with van der Waals surface area (Å²) in [6.45, 7) is 1.42. The van der Waals surface area contributed by atoms with Gasteiger partial charge in [0.1, 0.15) is 46.1 Å². The molecule has 2 amide bonds. The van der Waals surface area contributed by atoms with Crippen molar-refractivity contribution >= 4 is 34.3 Å². The van der Waals surface area contributed by atoms with Gasteiger partial charge < -0.3 is 25.6 Å². The van der Waals surface area contributed by atoms with Crippen LogP contribution in [0, 0.1) is 11.7 Å². The molecule has 0 radical (unpaired) electrons. The molecule has 3 heterocycles. The van der Waals surface area contributed by atoms with E-state index in [1.165, 1.54) is 25.3 Å². The van der Waals surface area contributed by atoms with Crippen LogP contribution < -0.4 is 20.5 Å². The molecule has 4 N–H and O–H groups in total. The molecule has 2 aromatic carbocycles. The van der Waals surface area contributed by atoms with Gasteiger partial charge in [-0.15, -0.1) is 0 Å². The van der Waals surface area contributed by atoms with Crippen LogP contribution in [0.25, 0.3) is 22.2 Å². The van der Waals surface area contributed by atoms with Gasteiger partial charge in [-0.1, -0.05) is 11.6 Å². The number of hydrogen-bond acceptors (Lipinski definition) is 7. The average molecular weight is 620 g/mol. The van der Waals surface area contributed by atoms with E-state index in [4.69, 9.17) is 31.8 Å². The molecular formula is C32H31ClFN5O5. The lowest BCUT2D eigenvalue weighted by Crippen LogP contribution is -2.44. The number of nitrogens with one attached hydrogen (secondary N) is 1. The Kier molecular flexibility index (Phi) is 6.60. The number of primary amides is 1. The summed E-state index contributed by atoms with van der Waals surface area (Å²) in [5.41, 5.74) is 5.03. The van der Waals surface area contributed by atoms with E-state index >= 15 is 0 Å². The monoisotopic (exact) mass is 619 g/mol. The highest BCUT2D eigenvalue weighted by atomic mass is 35.5. The van der Waals surface area contributed by atoms with Crippen LogP contribution in [0.1, 0.15) is 60.3 Å². The van der Waals surface area contributed by atoms with Gasteiger partial charge in [0.25, 0.3) is 5.91 Å². The number of aliphatic hydroxyl groups is 1. The molecule has 12 heteroatoms. The molecule has 0 bridgehead atoms. The second kappa shape index (κ2) is 10.2. The molecule has 0 saturated heterocycles. The number of nitrogens with two attached hydrogens (primary N) is 1. The number of benzene rings is 2. The van der Waals surface area contributed by atoms with Crippen LogP contribution in [0.5, 0.6) is 11.5 Å². The Bertz CT molecular complexity index is 1850.